The summed E-state index contributed by atoms with van der Waals surface area (Å²) in [5.41, 5.74) is 3.44. The van der Waals surface area contributed by atoms with E-state index in [1.165, 1.54) is 13.0 Å². The first-order valence-corrected chi connectivity index (χ1v) is 9.78. The lowest BCUT2D eigenvalue weighted by molar-refractivity contribution is -0.135. The zero-order valence-corrected chi connectivity index (χ0v) is 17.5. The Balaban J connectivity index is 1.68. The smallest absolute Gasteiger partial charge is 0.338 e. The van der Waals surface area contributed by atoms with Crippen LogP contribution in [0.2, 0.25) is 0 Å². The van der Waals surface area contributed by atoms with Gasteiger partial charge in [0.1, 0.15) is 5.75 Å². The standard InChI is InChI=1S/C26H23FO4/c1-16(2)25(28)30-22-12-9-19(10-13-22)18-5-7-20(8-6-18)21-11-14-24(23(27)15-21)31-26(29)17(3)4/h5-10,12-15,21H,1,3,11H2,2,4H3. The molecule has 0 aromatic heterocycles. The molecular weight excluding hydrogens is 395 g/mol. The molecule has 0 saturated heterocycles. The van der Waals surface area contributed by atoms with Gasteiger partial charge in [-0.2, -0.15) is 0 Å². The van der Waals surface area contributed by atoms with Crippen LogP contribution in [0.1, 0.15) is 31.7 Å². The highest BCUT2D eigenvalue weighted by molar-refractivity contribution is 5.89. The molecule has 0 fully saturated rings. The lowest BCUT2D eigenvalue weighted by Crippen LogP contribution is -2.09. The van der Waals surface area contributed by atoms with Crippen LogP contribution in [0.25, 0.3) is 11.1 Å². The maximum absolute atomic E-state index is 14.4. The molecule has 158 valence electrons. The SMILES string of the molecule is C=C(C)C(=O)OC1=CCC(c2ccc(-c3ccc(OC(=O)C(=C)C)cc3)cc2)C=C1F. The van der Waals surface area contributed by atoms with Gasteiger partial charge in [0.05, 0.1) is 0 Å². The van der Waals surface area contributed by atoms with Crippen molar-refractivity contribution < 1.29 is 23.5 Å². The summed E-state index contributed by atoms with van der Waals surface area (Å²) in [4.78, 5) is 23.2. The molecule has 31 heavy (non-hydrogen) atoms. The van der Waals surface area contributed by atoms with Crippen molar-refractivity contribution in [2.24, 2.45) is 0 Å². The van der Waals surface area contributed by atoms with Crippen LogP contribution in [0.4, 0.5) is 4.39 Å². The summed E-state index contributed by atoms with van der Waals surface area (Å²) in [6.07, 6.45) is 3.56. The van der Waals surface area contributed by atoms with Crippen molar-refractivity contribution in [2.75, 3.05) is 0 Å². The van der Waals surface area contributed by atoms with Crippen molar-refractivity contribution in [1.29, 1.82) is 0 Å². The first kappa shape index (κ1) is 22.0. The number of carbonyl (C=O) groups excluding carboxylic acids is 2. The van der Waals surface area contributed by atoms with Crippen molar-refractivity contribution in [3.63, 3.8) is 0 Å². The Kier molecular flexibility index (Phi) is 6.65. The maximum atomic E-state index is 14.4. The second kappa shape index (κ2) is 9.39. The van der Waals surface area contributed by atoms with Gasteiger partial charge in [-0.3, -0.25) is 0 Å². The topological polar surface area (TPSA) is 52.6 Å². The van der Waals surface area contributed by atoms with Crippen molar-refractivity contribution in [2.45, 2.75) is 26.2 Å². The number of benzene rings is 2. The number of allylic oxidation sites excluding steroid dienone is 3. The summed E-state index contributed by atoms with van der Waals surface area (Å²) >= 11 is 0. The van der Waals surface area contributed by atoms with E-state index in [1.54, 1.807) is 25.1 Å². The highest BCUT2D eigenvalue weighted by Crippen LogP contribution is 2.33. The van der Waals surface area contributed by atoms with Crippen molar-refractivity contribution in [3.8, 4) is 16.9 Å². The van der Waals surface area contributed by atoms with E-state index in [1.807, 2.05) is 36.4 Å². The van der Waals surface area contributed by atoms with Crippen molar-refractivity contribution in [3.05, 3.63) is 102 Å². The van der Waals surface area contributed by atoms with Crippen LogP contribution in [0.3, 0.4) is 0 Å². The number of carbonyl (C=O) groups is 2. The average molecular weight is 418 g/mol. The van der Waals surface area contributed by atoms with Gasteiger partial charge in [0.2, 0.25) is 0 Å². The molecule has 0 radical (unpaired) electrons. The van der Waals surface area contributed by atoms with Crippen molar-refractivity contribution >= 4 is 11.9 Å². The number of esters is 2. The van der Waals surface area contributed by atoms with E-state index in [2.05, 4.69) is 13.2 Å². The Morgan fingerprint density at radius 1 is 0.871 bits per heavy atom. The molecule has 0 spiro atoms. The Hall–Kier alpha value is -3.73. The minimum absolute atomic E-state index is 0.0618. The van der Waals surface area contributed by atoms with Crippen LogP contribution in [0.15, 0.2) is 96.6 Å². The molecule has 0 saturated carbocycles. The summed E-state index contributed by atoms with van der Waals surface area (Å²) in [7, 11) is 0. The van der Waals surface area contributed by atoms with Gasteiger partial charge in [-0.05, 0) is 61.2 Å². The largest absolute Gasteiger partial charge is 0.423 e. The van der Waals surface area contributed by atoms with Crippen LogP contribution in [-0.4, -0.2) is 11.9 Å². The quantitative estimate of drug-likeness (QED) is 0.319. The minimum atomic E-state index is -0.641. The van der Waals surface area contributed by atoms with Gasteiger partial charge >= 0.3 is 11.9 Å². The summed E-state index contributed by atoms with van der Waals surface area (Å²) in [6.45, 7) is 10.2. The molecule has 0 heterocycles. The highest BCUT2D eigenvalue weighted by atomic mass is 19.1. The van der Waals surface area contributed by atoms with E-state index in [0.717, 1.165) is 16.7 Å². The van der Waals surface area contributed by atoms with Gasteiger partial charge in [0, 0.05) is 17.1 Å². The van der Waals surface area contributed by atoms with Crippen LogP contribution in [0, 0.1) is 0 Å². The first-order chi connectivity index (χ1) is 14.7. The molecule has 0 bridgehead atoms. The number of hydrogen-bond acceptors (Lipinski definition) is 4. The maximum Gasteiger partial charge on any atom is 0.338 e. The lowest BCUT2D eigenvalue weighted by atomic mass is 9.90. The predicted molar refractivity (Wildman–Crippen MR) is 118 cm³/mol. The molecule has 3 rings (SSSR count). The zero-order chi connectivity index (χ0) is 22.5. The van der Waals surface area contributed by atoms with Gasteiger partial charge in [-0.25, -0.2) is 14.0 Å². The van der Waals surface area contributed by atoms with E-state index in [-0.39, 0.29) is 17.3 Å². The van der Waals surface area contributed by atoms with E-state index in [0.29, 0.717) is 17.7 Å². The molecule has 1 aliphatic rings. The molecule has 1 atom stereocenters. The fraction of sp³-hybridized carbons (Fsp3) is 0.154. The summed E-state index contributed by atoms with van der Waals surface area (Å²) in [5.74, 6) is -1.42. The number of ether oxygens (including phenoxy) is 2. The number of hydrogen-bond donors (Lipinski definition) is 0. The van der Waals surface area contributed by atoms with E-state index in [4.69, 9.17) is 9.47 Å². The molecule has 2 aromatic carbocycles. The molecule has 2 aromatic rings. The van der Waals surface area contributed by atoms with Gasteiger partial charge < -0.3 is 9.47 Å². The van der Waals surface area contributed by atoms with E-state index >= 15 is 0 Å². The summed E-state index contributed by atoms with van der Waals surface area (Å²) in [5, 5.41) is 0. The van der Waals surface area contributed by atoms with Crippen molar-refractivity contribution in [1.82, 2.24) is 0 Å². The fourth-order valence-corrected chi connectivity index (χ4v) is 3.00. The molecule has 4 nitrogen and oxygen atoms in total. The number of rotatable bonds is 6. The second-order valence-corrected chi connectivity index (χ2v) is 7.41. The molecule has 0 N–H and O–H groups in total. The third-order valence-corrected chi connectivity index (χ3v) is 4.78. The first-order valence-electron chi connectivity index (χ1n) is 9.78. The predicted octanol–water partition coefficient (Wildman–Crippen LogP) is 6.18. The highest BCUT2D eigenvalue weighted by Gasteiger charge is 2.21. The van der Waals surface area contributed by atoms with Gasteiger partial charge in [0.15, 0.2) is 11.6 Å². The van der Waals surface area contributed by atoms with Crippen LogP contribution in [0.5, 0.6) is 5.75 Å². The third kappa shape index (κ3) is 5.45. The monoisotopic (exact) mass is 418 g/mol. The lowest BCUT2D eigenvalue weighted by Gasteiger charge is -2.18. The Labute approximate surface area is 181 Å². The molecule has 1 aliphatic carbocycles. The third-order valence-electron chi connectivity index (χ3n) is 4.78. The second-order valence-electron chi connectivity index (χ2n) is 7.41. The van der Waals surface area contributed by atoms with E-state index < -0.39 is 17.8 Å². The van der Waals surface area contributed by atoms with Gasteiger partial charge in [0.25, 0.3) is 0 Å². The molecule has 5 heteroatoms. The van der Waals surface area contributed by atoms with Gasteiger partial charge in [-0.15, -0.1) is 0 Å². The molecular formula is C26H23FO4. The summed E-state index contributed by atoms with van der Waals surface area (Å²) in [6, 6.07) is 15.0. The zero-order valence-electron chi connectivity index (χ0n) is 17.5. The Morgan fingerprint density at radius 2 is 1.39 bits per heavy atom. The number of halogens is 1. The van der Waals surface area contributed by atoms with Gasteiger partial charge in [-0.1, -0.05) is 49.6 Å². The van der Waals surface area contributed by atoms with Crippen LogP contribution >= 0.6 is 0 Å². The molecule has 0 aliphatic heterocycles. The van der Waals surface area contributed by atoms with Crippen LogP contribution < -0.4 is 4.74 Å². The fourth-order valence-electron chi connectivity index (χ4n) is 3.00. The molecule has 0 amide bonds. The summed E-state index contributed by atoms with van der Waals surface area (Å²) < 4.78 is 24.6. The normalized spacial score (nSPS) is 15.4. The van der Waals surface area contributed by atoms with E-state index in [9.17, 15) is 14.0 Å². The minimum Gasteiger partial charge on any atom is -0.423 e. The molecule has 1 unspecified atom stereocenters. The average Bonchev–Trinajstić information content (AvgIpc) is 2.75. The Morgan fingerprint density at radius 3 is 1.90 bits per heavy atom. The Bertz CT molecular complexity index is 1090. The van der Waals surface area contributed by atoms with Crippen LogP contribution in [-0.2, 0) is 14.3 Å².